The number of para-hydroxylation sites is 6. The van der Waals surface area contributed by atoms with Crippen molar-refractivity contribution in [3.63, 3.8) is 0 Å². The van der Waals surface area contributed by atoms with Crippen LogP contribution >= 0.6 is 0 Å². The number of methoxy groups -OCH3 is 1. The third-order valence-electron chi connectivity index (χ3n) is 22.0. The van der Waals surface area contributed by atoms with Crippen molar-refractivity contribution in [2.45, 2.75) is 129 Å². The maximum absolute atomic E-state index is 13.4. The molecule has 2 N–H and O–H groups in total. The second kappa shape index (κ2) is 25.9. The zero-order valence-electron chi connectivity index (χ0n) is 60.6. The number of nitrogens with zero attached hydrogens (tertiary/aromatic N) is 6. The predicted molar refractivity (Wildman–Crippen MR) is 393 cm³/mol. The molecule has 7 aromatic rings. The largest absolute Gasteiger partial charge is 1.00 e. The fourth-order valence-corrected chi connectivity index (χ4v) is 15.3. The number of hydrogen-bond donors (Lipinski definition) is 2. The topological polar surface area (TPSA) is 169 Å². The summed E-state index contributed by atoms with van der Waals surface area (Å²) in [6.45, 7) is 30.7. The van der Waals surface area contributed by atoms with Crippen LogP contribution in [0, 0.1) is 0 Å². The van der Waals surface area contributed by atoms with Crippen LogP contribution in [-0.2, 0) is 46.8 Å². The van der Waals surface area contributed by atoms with Gasteiger partial charge in [0.15, 0.2) is 22.9 Å². The fraction of sp³-hybridized carbons (Fsp3) is 0.310. The zero-order valence-corrected chi connectivity index (χ0v) is 62.7. The number of allylic oxidation sites excluding steroid dienone is 10. The first kappa shape index (κ1) is 72.1. The highest BCUT2D eigenvalue weighted by molar-refractivity contribution is 6.25. The number of aliphatic imine (C=N–C) groups is 1. The van der Waals surface area contributed by atoms with E-state index in [1.54, 1.807) is 19.3 Å². The third-order valence-corrected chi connectivity index (χ3v) is 22.0. The molecule has 0 aromatic heterocycles. The number of carbonyl (C=O) groups is 2. The van der Waals surface area contributed by atoms with Crippen LogP contribution in [0.15, 0.2) is 230 Å². The summed E-state index contributed by atoms with van der Waals surface area (Å²) in [5, 5.41) is 29.5. The van der Waals surface area contributed by atoms with E-state index in [-0.39, 0.29) is 84.9 Å². The molecule has 0 fully saturated rings. The maximum Gasteiger partial charge on any atom is 0.275 e. The summed E-state index contributed by atoms with van der Waals surface area (Å²) >= 11 is 0. The second-order valence-electron chi connectivity index (χ2n) is 29.6. The van der Waals surface area contributed by atoms with Crippen molar-refractivity contribution in [2.75, 3.05) is 52.1 Å². The van der Waals surface area contributed by atoms with E-state index in [1.807, 2.05) is 56.6 Å². The van der Waals surface area contributed by atoms with Crippen molar-refractivity contribution in [1.82, 2.24) is 0 Å². The zero-order chi connectivity index (χ0) is 71.4. The number of rotatable bonds is 5. The lowest BCUT2D eigenvalue weighted by Gasteiger charge is -2.32. The van der Waals surface area contributed by atoms with Crippen LogP contribution in [-0.4, -0.2) is 101 Å². The number of halogens is 1. The lowest BCUT2D eigenvalue weighted by Crippen LogP contribution is -3.00. The first-order valence-electron chi connectivity index (χ1n) is 33.3. The van der Waals surface area contributed by atoms with Gasteiger partial charge in [-0.1, -0.05) is 156 Å². The molecule has 15 heteroatoms. The first-order chi connectivity index (χ1) is 46.0. The molecule has 510 valence electrons. The summed E-state index contributed by atoms with van der Waals surface area (Å²) in [6.07, 6.45) is 7.62. The van der Waals surface area contributed by atoms with E-state index < -0.39 is 22.4 Å². The molecule has 14 nitrogen and oxygen atoms in total. The molecule has 2 aliphatic carbocycles. The monoisotopic (exact) mass is 1440 g/mol. The number of Topliss-reactive ketones (excluding diaryl/α,β-unsaturated/α-hetero) is 2. The number of aromatic hydroxyl groups is 2. The summed E-state index contributed by atoms with van der Waals surface area (Å²) in [4.78, 5) is 55.2. The number of hydrogen-bond acceptors (Lipinski definition) is 11. The maximum atomic E-state index is 13.4. The average molecular weight is 1440 g/mol. The highest BCUT2D eigenvalue weighted by Gasteiger charge is 2.49. The smallest absolute Gasteiger partial charge is 0.275 e. The third kappa shape index (κ3) is 11.6. The minimum absolute atomic E-state index is 0. The molecule has 0 bridgehead atoms. The molecular weight excluding hydrogens is 1350 g/mol. The molecule has 15 rings (SSSR count). The van der Waals surface area contributed by atoms with Gasteiger partial charge in [0, 0.05) is 124 Å². The van der Waals surface area contributed by atoms with E-state index in [1.165, 1.54) is 61.9 Å². The van der Waals surface area contributed by atoms with Gasteiger partial charge in [0.1, 0.15) is 26.9 Å². The Morgan fingerprint density at radius 3 is 1.18 bits per heavy atom. The van der Waals surface area contributed by atoms with E-state index in [2.05, 4.69) is 262 Å². The highest BCUT2D eigenvalue weighted by Crippen LogP contribution is 2.51. The standard InChI is InChI=1S/C29H31N2O2.C28H28N2O2.C12H16N.C11H13N.C4H2O4.HI/c1-28(2)20-12-8-10-14-22(20)30(5)24(28)16-18-26(32)19(27(18)33-7)17-25-29(3,4)21-13-9-11-15-23(21)31(25)6;1-27(2)19-11-7-9-13-21(19)29(5)23(27)15-17-25(31)18(26(17)32)16-24-28(3,4)20-12-8-10-14-22(20)30(24)6;1-9-12(2,3)10-7-5-6-8-11(10)13(9)4;1-8-11(2,3)9-6-4-5-7-10(9)12-8;5-1-2(6)4(8)3(1)7;/h8-17H,1-7H3;7-16H,1-6H3;5-8H,1-4H3;4-7H,1-3H3;5-6H;1H/q+1;;+1;;;/p-1. The van der Waals surface area contributed by atoms with Gasteiger partial charge in [-0.2, -0.15) is 9.15 Å². The molecule has 99 heavy (non-hydrogen) atoms. The highest BCUT2D eigenvalue weighted by atomic mass is 127. The van der Waals surface area contributed by atoms with Crippen LogP contribution in [0.5, 0.6) is 11.5 Å². The molecule has 6 heterocycles. The summed E-state index contributed by atoms with van der Waals surface area (Å²) in [7, 11) is 11.9. The van der Waals surface area contributed by atoms with E-state index in [4.69, 9.17) is 14.9 Å². The molecular formula is C84H90IN6O8+. The average Bonchev–Trinajstić information content (AvgIpc) is 1.66. The molecule has 0 saturated heterocycles. The Morgan fingerprint density at radius 2 is 0.798 bits per heavy atom. The van der Waals surface area contributed by atoms with Crippen molar-refractivity contribution in [2.24, 2.45) is 4.99 Å². The number of fused-ring (bicyclic) bond motifs is 6. The number of ketones is 2. The molecule has 0 spiro atoms. The Labute approximate surface area is 599 Å². The number of benzene rings is 6. The molecule has 8 aliphatic rings. The van der Waals surface area contributed by atoms with Crippen molar-refractivity contribution >= 4 is 68.5 Å². The summed E-state index contributed by atoms with van der Waals surface area (Å²) in [5.74, 6) is -1.29. The van der Waals surface area contributed by atoms with Gasteiger partial charge in [-0.3, -0.25) is 24.2 Å². The van der Waals surface area contributed by atoms with Crippen molar-refractivity contribution in [1.29, 1.82) is 0 Å². The Bertz CT molecular complexity index is 4970. The van der Waals surface area contributed by atoms with Crippen LogP contribution in [0.3, 0.4) is 0 Å². The van der Waals surface area contributed by atoms with Crippen molar-refractivity contribution in [3.05, 3.63) is 269 Å². The lowest BCUT2D eigenvalue weighted by molar-refractivity contribution is -0.403. The van der Waals surface area contributed by atoms with Crippen molar-refractivity contribution in [3.8, 4) is 11.5 Å². The number of anilines is 2. The molecule has 0 atom stereocenters. The van der Waals surface area contributed by atoms with Gasteiger partial charge in [-0.05, 0) is 95.5 Å². The van der Waals surface area contributed by atoms with Crippen LogP contribution in [0.1, 0.15) is 130 Å². The van der Waals surface area contributed by atoms with E-state index in [9.17, 15) is 24.3 Å². The predicted octanol–water partition coefficient (Wildman–Crippen LogP) is 11.0. The van der Waals surface area contributed by atoms with E-state index in [0.29, 0.717) is 16.9 Å². The molecule has 7 aromatic carbocycles. The van der Waals surface area contributed by atoms with Crippen LogP contribution < -0.4 is 49.7 Å². The van der Waals surface area contributed by atoms with Gasteiger partial charge >= 0.3 is 0 Å². The molecule has 6 aliphatic heterocycles. The minimum atomic E-state index is -1.01. The fourth-order valence-electron chi connectivity index (χ4n) is 15.3. The Hall–Kier alpha value is -9.61. The van der Waals surface area contributed by atoms with Gasteiger partial charge in [0.05, 0.1) is 40.2 Å². The first-order valence-corrected chi connectivity index (χ1v) is 33.3. The quantitative estimate of drug-likeness (QED) is 0.0732. The second-order valence-corrected chi connectivity index (χ2v) is 29.6. The number of likely N-dealkylation sites (N-methyl/N-ethyl adjacent to an activating group) is 2. The summed E-state index contributed by atoms with van der Waals surface area (Å²) in [5.41, 5.74) is 20.8. The number of ether oxygens (including phenoxy) is 1. The van der Waals surface area contributed by atoms with Crippen LogP contribution in [0.4, 0.5) is 34.1 Å². The van der Waals surface area contributed by atoms with Crippen LogP contribution in [0.25, 0.3) is 0 Å². The number of carbonyl (C=O) groups excluding carboxylic acids is 2. The molecule has 0 unspecified atom stereocenters. The van der Waals surface area contributed by atoms with Gasteiger partial charge in [-0.25, -0.2) is 4.58 Å². The van der Waals surface area contributed by atoms with E-state index >= 15 is 0 Å². The van der Waals surface area contributed by atoms with Gasteiger partial charge < -0.3 is 53.8 Å². The summed E-state index contributed by atoms with van der Waals surface area (Å²) in [6, 6.07) is 50.3. The minimum Gasteiger partial charge on any atom is -1.00 e. The Kier molecular flexibility index (Phi) is 18.9. The SMILES string of the molecule is CC1=Nc2ccccc2C1(C)C.CC1=[N+](C)c2ccccc2C1(C)C.CN1C(=CC2=C([O-])C(=CC3=[N+](C)c4ccccc4C3(C)C)C2=O)C(C)(C)c2ccccc21.COC1=C(C=C2N(C)c3ccccc3C2(C)C)C(=O)C1=CC1=[N+](C)c2ccccc2C1(C)C.O=c1c(O)c(O)c1=O.[I-]. The molecule has 0 amide bonds. The van der Waals surface area contributed by atoms with Gasteiger partial charge in [0.25, 0.3) is 10.9 Å². The Balaban J connectivity index is 0.000000147. The van der Waals surface area contributed by atoms with Gasteiger partial charge in [-0.15, -0.1) is 0 Å². The van der Waals surface area contributed by atoms with Gasteiger partial charge in [0.2, 0.25) is 34.3 Å². The molecule has 0 saturated carbocycles. The van der Waals surface area contributed by atoms with Crippen LogP contribution in [0.2, 0.25) is 0 Å². The van der Waals surface area contributed by atoms with Crippen molar-refractivity contribution < 1.29 is 67.3 Å². The normalized spacial score (nSPS) is 20.7. The van der Waals surface area contributed by atoms with E-state index in [0.717, 1.165) is 39.9 Å². The summed E-state index contributed by atoms with van der Waals surface area (Å²) < 4.78 is 12.3. The lowest BCUT2D eigenvalue weighted by atomic mass is 9.77. The Morgan fingerprint density at radius 1 is 0.444 bits per heavy atom. The molecule has 0 radical (unpaired) electrons.